The highest BCUT2D eigenvalue weighted by molar-refractivity contribution is 5.47. The third-order valence-corrected chi connectivity index (χ3v) is 3.24. The summed E-state index contributed by atoms with van der Waals surface area (Å²) in [6, 6.07) is 2.51. The van der Waals surface area contributed by atoms with Crippen molar-refractivity contribution in [3.05, 3.63) is 11.9 Å². The Bertz CT molecular complexity index is 360. The molecule has 4 heteroatoms. The molecule has 1 aromatic heterocycles. The maximum Gasteiger partial charge on any atom is 0.134 e. The van der Waals surface area contributed by atoms with Crippen LogP contribution in [0, 0.1) is 0 Å². The molecule has 0 amide bonds. The number of nitrogen functional groups attached to an aromatic ring is 1. The van der Waals surface area contributed by atoms with Crippen LogP contribution in [0.1, 0.15) is 38.4 Å². The van der Waals surface area contributed by atoms with E-state index in [4.69, 9.17) is 5.73 Å². The topological polar surface area (TPSA) is 55.0 Å². The zero-order chi connectivity index (χ0) is 11.5. The zero-order valence-electron chi connectivity index (χ0n) is 10.1. The van der Waals surface area contributed by atoms with E-state index in [2.05, 4.69) is 28.8 Å². The molecule has 16 heavy (non-hydrogen) atoms. The Morgan fingerprint density at radius 2 is 2.19 bits per heavy atom. The first kappa shape index (κ1) is 11.2. The number of aromatic nitrogens is 2. The Morgan fingerprint density at radius 3 is 2.75 bits per heavy atom. The summed E-state index contributed by atoms with van der Waals surface area (Å²) < 4.78 is 0. The van der Waals surface area contributed by atoms with E-state index in [1.54, 1.807) is 0 Å². The molecule has 1 saturated carbocycles. The summed E-state index contributed by atoms with van der Waals surface area (Å²) in [5, 5.41) is 0. The van der Waals surface area contributed by atoms with Gasteiger partial charge in [-0.3, -0.25) is 0 Å². The lowest BCUT2D eigenvalue weighted by Crippen LogP contribution is -2.37. The molecule has 0 spiro atoms. The Morgan fingerprint density at radius 1 is 1.44 bits per heavy atom. The van der Waals surface area contributed by atoms with Crippen LogP contribution in [0.2, 0.25) is 0 Å². The molecular weight excluding hydrogens is 200 g/mol. The Hall–Kier alpha value is -1.32. The minimum Gasteiger partial charge on any atom is -0.384 e. The average Bonchev–Trinajstić information content (AvgIpc) is 2.14. The van der Waals surface area contributed by atoms with E-state index < -0.39 is 0 Å². The number of nitrogens with two attached hydrogens (primary N) is 1. The van der Waals surface area contributed by atoms with Crippen molar-refractivity contribution < 1.29 is 0 Å². The number of hydrogen-bond donors (Lipinski definition) is 1. The van der Waals surface area contributed by atoms with Crippen molar-refractivity contribution in [3.63, 3.8) is 0 Å². The molecular formula is C12H20N4. The maximum atomic E-state index is 5.81. The van der Waals surface area contributed by atoms with Gasteiger partial charge in [-0.15, -0.1) is 0 Å². The number of hydrogen-bond acceptors (Lipinski definition) is 4. The minimum atomic E-state index is 0.583. The lowest BCUT2D eigenvalue weighted by Gasteiger charge is -2.35. The van der Waals surface area contributed by atoms with Crippen LogP contribution in [-0.2, 0) is 6.42 Å². The first-order chi connectivity index (χ1) is 7.70. The second-order valence-electron chi connectivity index (χ2n) is 4.51. The summed E-state index contributed by atoms with van der Waals surface area (Å²) in [6.45, 7) is 2.13. The van der Waals surface area contributed by atoms with Crippen molar-refractivity contribution in [2.45, 2.75) is 45.1 Å². The van der Waals surface area contributed by atoms with Crippen LogP contribution in [-0.4, -0.2) is 23.1 Å². The molecule has 1 aromatic rings. The van der Waals surface area contributed by atoms with Gasteiger partial charge in [0.05, 0.1) is 0 Å². The molecule has 0 unspecified atom stereocenters. The van der Waals surface area contributed by atoms with Crippen molar-refractivity contribution in [1.82, 2.24) is 9.97 Å². The Labute approximate surface area is 96.9 Å². The van der Waals surface area contributed by atoms with Crippen LogP contribution >= 0.6 is 0 Å². The minimum absolute atomic E-state index is 0.583. The Balaban J connectivity index is 2.18. The zero-order valence-corrected chi connectivity index (χ0v) is 10.1. The lowest BCUT2D eigenvalue weighted by molar-refractivity contribution is 0.399. The van der Waals surface area contributed by atoms with Crippen LogP contribution in [0.3, 0.4) is 0 Å². The number of aryl methyl sites for hydroxylation is 1. The van der Waals surface area contributed by atoms with E-state index in [-0.39, 0.29) is 0 Å². The SMILES string of the molecule is CCCc1nc(N)cc(N(C)C2CCC2)n1. The highest BCUT2D eigenvalue weighted by Gasteiger charge is 2.23. The number of nitrogens with zero attached hydrogens (tertiary/aromatic N) is 3. The first-order valence-corrected chi connectivity index (χ1v) is 6.07. The molecule has 88 valence electrons. The predicted octanol–water partition coefficient (Wildman–Crippen LogP) is 2.00. The van der Waals surface area contributed by atoms with Gasteiger partial charge in [0.1, 0.15) is 17.5 Å². The van der Waals surface area contributed by atoms with Gasteiger partial charge in [-0.2, -0.15) is 0 Å². The molecule has 1 aliphatic carbocycles. The normalized spacial score (nSPS) is 15.9. The molecule has 1 heterocycles. The molecule has 2 N–H and O–H groups in total. The molecule has 0 atom stereocenters. The predicted molar refractivity (Wildman–Crippen MR) is 66.5 cm³/mol. The van der Waals surface area contributed by atoms with E-state index in [0.29, 0.717) is 11.9 Å². The highest BCUT2D eigenvalue weighted by Crippen LogP contribution is 2.27. The van der Waals surface area contributed by atoms with Gasteiger partial charge in [-0.25, -0.2) is 9.97 Å². The molecule has 0 radical (unpaired) electrons. The van der Waals surface area contributed by atoms with Crippen molar-refractivity contribution >= 4 is 11.6 Å². The first-order valence-electron chi connectivity index (χ1n) is 6.07. The van der Waals surface area contributed by atoms with Gasteiger partial charge < -0.3 is 10.6 Å². The fraction of sp³-hybridized carbons (Fsp3) is 0.667. The Kier molecular flexibility index (Phi) is 3.27. The van der Waals surface area contributed by atoms with Crippen molar-refractivity contribution in [2.24, 2.45) is 0 Å². The van der Waals surface area contributed by atoms with Gasteiger partial charge in [0.15, 0.2) is 0 Å². The molecule has 0 aliphatic heterocycles. The standard InChI is InChI=1S/C12H20N4/c1-3-5-11-14-10(13)8-12(15-11)16(2)9-6-4-7-9/h8-9H,3-7H2,1-2H3,(H2,13,14,15). The summed E-state index contributed by atoms with van der Waals surface area (Å²) >= 11 is 0. The van der Waals surface area contributed by atoms with E-state index >= 15 is 0 Å². The van der Waals surface area contributed by atoms with Crippen LogP contribution in [0.4, 0.5) is 11.6 Å². The monoisotopic (exact) mass is 220 g/mol. The van der Waals surface area contributed by atoms with Crippen LogP contribution in [0.15, 0.2) is 6.07 Å². The summed E-state index contributed by atoms with van der Waals surface area (Å²) in [5.74, 6) is 2.42. The van der Waals surface area contributed by atoms with Crippen molar-refractivity contribution in [3.8, 4) is 0 Å². The second-order valence-corrected chi connectivity index (χ2v) is 4.51. The number of anilines is 2. The van der Waals surface area contributed by atoms with Gasteiger partial charge in [-0.1, -0.05) is 6.92 Å². The molecule has 1 fully saturated rings. The van der Waals surface area contributed by atoms with Crippen LogP contribution in [0.25, 0.3) is 0 Å². The van der Waals surface area contributed by atoms with E-state index in [1.807, 2.05) is 6.07 Å². The van der Waals surface area contributed by atoms with Crippen molar-refractivity contribution in [1.29, 1.82) is 0 Å². The third-order valence-electron chi connectivity index (χ3n) is 3.24. The van der Waals surface area contributed by atoms with Gasteiger partial charge in [0, 0.05) is 25.6 Å². The molecule has 1 aliphatic rings. The average molecular weight is 220 g/mol. The quantitative estimate of drug-likeness (QED) is 0.843. The second kappa shape index (κ2) is 4.68. The smallest absolute Gasteiger partial charge is 0.134 e. The van der Waals surface area contributed by atoms with Crippen LogP contribution < -0.4 is 10.6 Å². The molecule has 0 aromatic carbocycles. The number of rotatable bonds is 4. The summed E-state index contributed by atoms with van der Waals surface area (Å²) in [4.78, 5) is 11.0. The largest absolute Gasteiger partial charge is 0.384 e. The van der Waals surface area contributed by atoms with E-state index in [1.165, 1.54) is 19.3 Å². The van der Waals surface area contributed by atoms with Gasteiger partial charge in [0.25, 0.3) is 0 Å². The summed E-state index contributed by atoms with van der Waals surface area (Å²) in [6.07, 6.45) is 5.82. The fourth-order valence-electron chi connectivity index (χ4n) is 1.98. The van der Waals surface area contributed by atoms with E-state index in [0.717, 1.165) is 24.5 Å². The summed E-state index contributed by atoms with van der Waals surface area (Å²) in [5.41, 5.74) is 5.81. The van der Waals surface area contributed by atoms with Gasteiger partial charge in [-0.05, 0) is 25.7 Å². The van der Waals surface area contributed by atoms with Crippen LogP contribution in [0.5, 0.6) is 0 Å². The lowest BCUT2D eigenvalue weighted by atomic mass is 9.92. The van der Waals surface area contributed by atoms with Gasteiger partial charge >= 0.3 is 0 Å². The molecule has 0 saturated heterocycles. The summed E-state index contributed by atoms with van der Waals surface area (Å²) in [7, 11) is 2.10. The molecule has 2 rings (SSSR count). The molecule has 0 bridgehead atoms. The highest BCUT2D eigenvalue weighted by atomic mass is 15.2. The van der Waals surface area contributed by atoms with Crippen molar-refractivity contribution in [2.75, 3.05) is 17.7 Å². The maximum absolute atomic E-state index is 5.81. The molecule has 4 nitrogen and oxygen atoms in total. The van der Waals surface area contributed by atoms with Gasteiger partial charge in [0.2, 0.25) is 0 Å². The third kappa shape index (κ3) is 2.26. The fourth-order valence-corrected chi connectivity index (χ4v) is 1.98. The van der Waals surface area contributed by atoms with E-state index in [9.17, 15) is 0 Å².